The monoisotopic (exact) mass is 418 g/mol. The topological polar surface area (TPSA) is 64.2 Å². The van der Waals surface area contributed by atoms with Crippen molar-refractivity contribution in [1.82, 2.24) is 14.8 Å². The van der Waals surface area contributed by atoms with Crippen LogP contribution in [-0.2, 0) is 4.79 Å². The molecule has 4 rings (SSSR count). The molecule has 0 unspecified atom stereocenters. The van der Waals surface area contributed by atoms with Crippen LogP contribution in [0.15, 0.2) is 82.6 Å². The highest BCUT2D eigenvalue weighted by atomic mass is 32.2. The summed E-state index contributed by atoms with van der Waals surface area (Å²) in [5, 5.41) is 9.45. The lowest BCUT2D eigenvalue weighted by molar-refractivity contribution is -0.116. The van der Waals surface area contributed by atoms with Gasteiger partial charge in [-0.1, -0.05) is 48.2 Å². The standard InChI is InChI=1S/C23H22N4O2S/c1-3-26(18-10-6-4-7-11-18)21(28)16-30-23-25-24-22(20-14-15-29-17(20)2)27(23)19-12-8-5-9-13-19/h4-15H,3,16H2,1-2H3. The smallest absolute Gasteiger partial charge is 0.237 e. The third kappa shape index (κ3) is 4.02. The van der Waals surface area contributed by atoms with Crippen LogP contribution in [0.5, 0.6) is 0 Å². The highest BCUT2D eigenvalue weighted by Gasteiger charge is 2.21. The zero-order valence-corrected chi connectivity index (χ0v) is 17.7. The number of anilines is 1. The normalized spacial score (nSPS) is 10.9. The van der Waals surface area contributed by atoms with Gasteiger partial charge < -0.3 is 9.32 Å². The first kappa shape index (κ1) is 20.0. The Hall–Kier alpha value is -3.32. The van der Waals surface area contributed by atoms with Gasteiger partial charge in [0.1, 0.15) is 5.76 Å². The number of rotatable bonds is 7. The summed E-state index contributed by atoms with van der Waals surface area (Å²) in [6, 6.07) is 21.5. The molecule has 0 saturated carbocycles. The highest BCUT2D eigenvalue weighted by molar-refractivity contribution is 7.99. The van der Waals surface area contributed by atoms with Crippen molar-refractivity contribution >= 4 is 23.4 Å². The van der Waals surface area contributed by atoms with Crippen molar-refractivity contribution in [2.45, 2.75) is 19.0 Å². The maximum Gasteiger partial charge on any atom is 0.237 e. The number of furan rings is 1. The molecule has 0 bridgehead atoms. The minimum atomic E-state index is 0.0253. The molecule has 2 aromatic carbocycles. The summed E-state index contributed by atoms with van der Waals surface area (Å²) in [5.74, 6) is 1.75. The number of thioether (sulfide) groups is 1. The van der Waals surface area contributed by atoms with Crippen LogP contribution in [0.3, 0.4) is 0 Å². The van der Waals surface area contributed by atoms with Crippen LogP contribution in [0.4, 0.5) is 5.69 Å². The number of aryl methyl sites for hydroxylation is 1. The van der Waals surface area contributed by atoms with Crippen molar-refractivity contribution < 1.29 is 9.21 Å². The van der Waals surface area contributed by atoms with Gasteiger partial charge in [0.05, 0.1) is 17.6 Å². The van der Waals surface area contributed by atoms with E-state index < -0.39 is 0 Å². The van der Waals surface area contributed by atoms with E-state index in [4.69, 9.17) is 4.42 Å². The van der Waals surface area contributed by atoms with Crippen molar-refractivity contribution in [1.29, 1.82) is 0 Å². The molecule has 0 atom stereocenters. The Morgan fingerprint density at radius 1 is 1.03 bits per heavy atom. The molecular weight excluding hydrogens is 396 g/mol. The summed E-state index contributed by atoms with van der Waals surface area (Å²) in [7, 11) is 0. The Kier molecular flexibility index (Phi) is 5.99. The second-order valence-corrected chi connectivity index (χ2v) is 7.57. The maximum absolute atomic E-state index is 12.9. The van der Waals surface area contributed by atoms with Gasteiger partial charge in [-0.3, -0.25) is 9.36 Å². The zero-order valence-electron chi connectivity index (χ0n) is 16.9. The van der Waals surface area contributed by atoms with E-state index in [2.05, 4.69) is 10.2 Å². The van der Waals surface area contributed by atoms with E-state index in [0.717, 1.165) is 22.7 Å². The lowest BCUT2D eigenvalue weighted by Gasteiger charge is -2.20. The molecule has 1 amide bonds. The highest BCUT2D eigenvalue weighted by Crippen LogP contribution is 2.30. The van der Waals surface area contributed by atoms with Gasteiger partial charge in [0.2, 0.25) is 5.91 Å². The summed E-state index contributed by atoms with van der Waals surface area (Å²) in [5.41, 5.74) is 2.71. The molecule has 0 radical (unpaired) electrons. The van der Waals surface area contributed by atoms with Gasteiger partial charge in [0, 0.05) is 17.9 Å². The van der Waals surface area contributed by atoms with E-state index in [-0.39, 0.29) is 11.7 Å². The average molecular weight is 419 g/mol. The van der Waals surface area contributed by atoms with Crippen LogP contribution in [0, 0.1) is 6.92 Å². The molecule has 4 aromatic rings. The summed E-state index contributed by atoms with van der Waals surface area (Å²) in [6.07, 6.45) is 1.64. The fourth-order valence-corrected chi connectivity index (χ4v) is 4.11. The number of carbonyl (C=O) groups excluding carboxylic acids is 1. The third-order valence-electron chi connectivity index (χ3n) is 4.76. The zero-order chi connectivity index (χ0) is 20.9. The molecule has 0 aliphatic rings. The molecule has 0 aliphatic heterocycles. The number of para-hydroxylation sites is 2. The number of aromatic nitrogens is 3. The van der Waals surface area contributed by atoms with Gasteiger partial charge in [-0.2, -0.15) is 0 Å². The molecule has 0 spiro atoms. The van der Waals surface area contributed by atoms with Crippen LogP contribution in [0.1, 0.15) is 12.7 Å². The maximum atomic E-state index is 12.9. The molecule has 152 valence electrons. The second kappa shape index (κ2) is 9.00. The Balaban J connectivity index is 1.63. The molecule has 2 heterocycles. The number of nitrogens with zero attached hydrogens (tertiary/aromatic N) is 4. The Morgan fingerprint density at radius 3 is 2.37 bits per heavy atom. The Morgan fingerprint density at radius 2 is 1.73 bits per heavy atom. The second-order valence-electron chi connectivity index (χ2n) is 6.63. The lowest BCUT2D eigenvalue weighted by atomic mass is 10.2. The SMILES string of the molecule is CCN(C(=O)CSc1nnc(-c2ccoc2C)n1-c1ccccc1)c1ccccc1. The summed E-state index contributed by atoms with van der Waals surface area (Å²) in [6.45, 7) is 4.48. The number of hydrogen-bond acceptors (Lipinski definition) is 5. The summed E-state index contributed by atoms with van der Waals surface area (Å²) < 4.78 is 7.43. The van der Waals surface area contributed by atoms with Crippen molar-refractivity contribution in [2.24, 2.45) is 0 Å². The first-order chi connectivity index (χ1) is 14.7. The van der Waals surface area contributed by atoms with Gasteiger partial charge in [-0.05, 0) is 44.2 Å². The summed E-state index contributed by atoms with van der Waals surface area (Å²) >= 11 is 1.38. The van der Waals surface area contributed by atoms with Gasteiger partial charge in [-0.25, -0.2) is 0 Å². The number of amides is 1. The van der Waals surface area contributed by atoms with Crippen LogP contribution in [0.2, 0.25) is 0 Å². The van der Waals surface area contributed by atoms with E-state index in [1.807, 2.05) is 85.1 Å². The van der Waals surface area contributed by atoms with E-state index >= 15 is 0 Å². The van der Waals surface area contributed by atoms with Gasteiger partial charge in [0.25, 0.3) is 0 Å². The quantitative estimate of drug-likeness (QED) is 0.396. The minimum absolute atomic E-state index is 0.0253. The number of benzene rings is 2. The number of carbonyl (C=O) groups is 1. The van der Waals surface area contributed by atoms with Crippen LogP contribution in [0.25, 0.3) is 17.1 Å². The van der Waals surface area contributed by atoms with E-state index in [0.29, 0.717) is 17.5 Å². The Labute approximate surface area is 179 Å². The van der Waals surface area contributed by atoms with Crippen LogP contribution in [-0.4, -0.2) is 33.0 Å². The fraction of sp³-hybridized carbons (Fsp3) is 0.174. The van der Waals surface area contributed by atoms with Crippen molar-refractivity contribution in [2.75, 3.05) is 17.2 Å². The minimum Gasteiger partial charge on any atom is -0.469 e. The largest absolute Gasteiger partial charge is 0.469 e. The van der Waals surface area contributed by atoms with E-state index in [9.17, 15) is 4.79 Å². The van der Waals surface area contributed by atoms with Crippen molar-refractivity contribution in [3.8, 4) is 17.1 Å². The van der Waals surface area contributed by atoms with Crippen LogP contribution < -0.4 is 4.90 Å². The van der Waals surface area contributed by atoms with E-state index in [1.54, 1.807) is 11.2 Å². The molecule has 0 saturated heterocycles. The molecule has 6 nitrogen and oxygen atoms in total. The fourth-order valence-electron chi connectivity index (χ4n) is 3.28. The first-order valence-electron chi connectivity index (χ1n) is 9.72. The predicted octanol–water partition coefficient (Wildman–Crippen LogP) is 4.98. The molecule has 0 N–H and O–H groups in total. The molecule has 2 aromatic heterocycles. The van der Waals surface area contributed by atoms with Crippen molar-refractivity contribution in [3.05, 3.63) is 78.8 Å². The van der Waals surface area contributed by atoms with Gasteiger partial charge in [0.15, 0.2) is 11.0 Å². The molecule has 0 aliphatic carbocycles. The van der Waals surface area contributed by atoms with Gasteiger partial charge >= 0.3 is 0 Å². The molecule has 7 heteroatoms. The van der Waals surface area contributed by atoms with Crippen molar-refractivity contribution in [3.63, 3.8) is 0 Å². The molecule has 30 heavy (non-hydrogen) atoms. The first-order valence-corrected chi connectivity index (χ1v) is 10.7. The third-order valence-corrected chi connectivity index (χ3v) is 5.67. The van der Waals surface area contributed by atoms with Gasteiger partial charge in [-0.15, -0.1) is 10.2 Å². The number of hydrogen-bond donors (Lipinski definition) is 0. The Bertz CT molecular complexity index is 1120. The van der Waals surface area contributed by atoms with Crippen LogP contribution >= 0.6 is 11.8 Å². The predicted molar refractivity (Wildman–Crippen MR) is 119 cm³/mol. The molecular formula is C23H22N4O2S. The molecule has 0 fully saturated rings. The summed E-state index contributed by atoms with van der Waals surface area (Å²) in [4.78, 5) is 14.7. The average Bonchev–Trinajstić information content (AvgIpc) is 3.39. The lowest BCUT2D eigenvalue weighted by Crippen LogP contribution is -2.32. The van der Waals surface area contributed by atoms with E-state index in [1.165, 1.54) is 11.8 Å².